The second-order valence-electron chi connectivity index (χ2n) is 7.36. The molecule has 2 bridgehead atoms. The monoisotopic (exact) mass is 302 g/mol. The summed E-state index contributed by atoms with van der Waals surface area (Å²) < 4.78 is 6.35. The Kier molecular flexibility index (Phi) is 2.94. The van der Waals surface area contributed by atoms with E-state index in [1.54, 1.807) is 0 Å². The van der Waals surface area contributed by atoms with Gasteiger partial charge in [0.05, 0.1) is 0 Å². The van der Waals surface area contributed by atoms with Crippen molar-refractivity contribution < 1.29 is 19.7 Å². The molecule has 1 heterocycles. The quantitative estimate of drug-likeness (QED) is 0.893. The van der Waals surface area contributed by atoms with E-state index in [0.717, 1.165) is 36.1 Å². The predicted molar refractivity (Wildman–Crippen MR) is 81.7 cm³/mol. The summed E-state index contributed by atoms with van der Waals surface area (Å²) >= 11 is 0. The average molecular weight is 302 g/mol. The first-order valence-electron chi connectivity index (χ1n) is 8.26. The number of hydrogen-bond acceptors (Lipinski definition) is 3. The first-order valence-corrected chi connectivity index (χ1v) is 8.26. The van der Waals surface area contributed by atoms with E-state index in [1.807, 2.05) is 13.0 Å². The number of aromatic hydroxyl groups is 1. The Labute approximate surface area is 130 Å². The number of ether oxygens (including phenoxy) is 1. The molecule has 0 spiro atoms. The fourth-order valence-corrected chi connectivity index (χ4v) is 4.63. The van der Waals surface area contributed by atoms with Crippen molar-refractivity contribution in [3.05, 3.63) is 22.8 Å². The average Bonchev–Trinajstić information content (AvgIpc) is 3.08. The largest absolute Gasteiger partial charge is 0.508 e. The molecule has 1 fully saturated rings. The first kappa shape index (κ1) is 13.9. The highest BCUT2D eigenvalue weighted by Gasteiger charge is 2.44. The topological polar surface area (TPSA) is 66.8 Å². The zero-order valence-electron chi connectivity index (χ0n) is 12.9. The van der Waals surface area contributed by atoms with Crippen LogP contribution in [0, 0.1) is 0 Å². The molecule has 3 atom stereocenters. The van der Waals surface area contributed by atoms with Crippen molar-refractivity contribution in [2.45, 2.75) is 69.3 Å². The number of carboxylic acid groups (broad SMARTS) is 1. The van der Waals surface area contributed by atoms with Gasteiger partial charge in [0.25, 0.3) is 0 Å². The number of aliphatic carboxylic acids is 1. The number of benzene rings is 1. The number of phenolic OH excluding ortho intramolecular Hbond substituents is 1. The molecule has 22 heavy (non-hydrogen) atoms. The molecule has 1 aromatic rings. The highest BCUT2D eigenvalue weighted by molar-refractivity contribution is 5.67. The van der Waals surface area contributed by atoms with Crippen molar-refractivity contribution in [2.24, 2.45) is 0 Å². The number of carbonyl (C=O) groups is 1. The van der Waals surface area contributed by atoms with E-state index < -0.39 is 11.6 Å². The molecular formula is C18H22O4. The van der Waals surface area contributed by atoms with E-state index in [1.165, 1.54) is 18.4 Å². The summed E-state index contributed by atoms with van der Waals surface area (Å²) in [5.74, 6) is 1.63. The molecule has 1 aromatic carbocycles. The molecule has 0 unspecified atom stereocenters. The predicted octanol–water partition coefficient (Wildman–Crippen LogP) is 3.71. The summed E-state index contributed by atoms with van der Waals surface area (Å²) in [5.41, 5.74) is 3.03. The third-order valence-electron chi connectivity index (χ3n) is 5.80. The van der Waals surface area contributed by atoms with Gasteiger partial charge in [0.2, 0.25) is 0 Å². The van der Waals surface area contributed by atoms with Crippen molar-refractivity contribution in [1.29, 1.82) is 0 Å². The van der Waals surface area contributed by atoms with Crippen molar-refractivity contribution in [3.8, 4) is 11.5 Å². The molecule has 4 rings (SSSR count). The minimum atomic E-state index is -0.773. The molecule has 0 aromatic heterocycles. The Morgan fingerprint density at radius 2 is 2.09 bits per heavy atom. The van der Waals surface area contributed by atoms with Crippen molar-refractivity contribution in [3.63, 3.8) is 0 Å². The molecular weight excluding hydrogens is 280 g/mol. The maximum Gasteiger partial charge on any atom is 0.303 e. The number of phenols is 1. The van der Waals surface area contributed by atoms with Crippen LogP contribution in [-0.4, -0.2) is 21.8 Å². The van der Waals surface area contributed by atoms with Crippen LogP contribution in [0.1, 0.15) is 74.0 Å². The molecule has 0 saturated heterocycles. The van der Waals surface area contributed by atoms with Crippen LogP contribution in [0.15, 0.2) is 6.07 Å². The van der Waals surface area contributed by atoms with E-state index in [9.17, 15) is 9.90 Å². The van der Waals surface area contributed by atoms with Gasteiger partial charge in [0, 0.05) is 17.5 Å². The summed E-state index contributed by atoms with van der Waals surface area (Å²) in [6.45, 7) is 2.02. The van der Waals surface area contributed by atoms with Crippen LogP contribution < -0.4 is 4.74 Å². The molecule has 3 aliphatic rings. The maximum atomic E-state index is 10.9. The SMILES string of the molecule is C[C@]1(CCC(=O)O)CCc2cc(O)c3c(c2O1)[C@H]1CC[C@@H]3C1. The van der Waals surface area contributed by atoms with Crippen LogP contribution in [0.4, 0.5) is 0 Å². The zero-order valence-corrected chi connectivity index (χ0v) is 12.9. The van der Waals surface area contributed by atoms with Crippen molar-refractivity contribution in [2.75, 3.05) is 0 Å². The lowest BCUT2D eigenvalue weighted by Crippen LogP contribution is -2.37. The number of carboxylic acids is 1. The van der Waals surface area contributed by atoms with Crippen LogP contribution in [0.3, 0.4) is 0 Å². The summed E-state index contributed by atoms with van der Waals surface area (Å²) in [7, 11) is 0. The van der Waals surface area contributed by atoms with Crippen LogP contribution in [0.5, 0.6) is 11.5 Å². The summed E-state index contributed by atoms with van der Waals surface area (Å²) in [4.78, 5) is 10.9. The van der Waals surface area contributed by atoms with Crippen LogP contribution in [-0.2, 0) is 11.2 Å². The van der Waals surface area contributed by atoms with E-state index in [4.69, 9.17) is 9.84 Å². The smallest absolute Gasteiger partial charge is 0.303 e. The molecule has 2 N–H and O–H groups in total. The van der Waals surface area contributed by atoms with Gasteiger partial charge in [-0.3, -0.25) is 4.79 Å². The second kappa shape index (κ2) is 4.64. The van der Waals surface area contributed by atoms with E-state index >= 15 is 0 Å². The lowest BCUT2D eigenvalue weighted by molar-refractivity contribution is -0.138. The van der Waals surface area contributed by atoms with Gasteiger partial charge in [-0.05, 0) is 68.9 Å². The van der Waals surface area contributed by atoms with Gasteiger partial charge < -0.3 is 14.9 Å². The van der Waals surface area contributed by atoms with E-state index in [0.29, 0.717) is 24.0 Å². The third-order valence-corrected chi connectivity index (χ3v) is 5.80. The molecule has 4 nitrogen and oxygen atoms in total. The molecule has 1 saturated carbocycles. The Hall–Kier alpha value is -1.71. The molecule has 1 aliphatic heterocycles. The van der Waals surface area contributed by atoms with Crippen LogP contribution in [0.25, 0.3) is 0 Å². The summed E-state index contributed by atoms with van der Waals surface area (Å²) in [6.07, 6.45) is 5.81. The second-order valence-corrected chi connectivity index (χ2v) is 7.36. The highest BCUT2D eigenvalue weighted by atomic mass is 16.5. The molecule has 0 amide bonds. The minimum Gasteiger partial charge on any atom is -0.508 e. The van der Waals surface area contributed by atoms with E-state index in [2.05, 4.69) is 0 Å². The number of fused-ring (bicyclic) bond motifs is 7. The number of rotatable bonds is 3. The summed E-state index contributed by atoms with van der Waals surface area (Å²) in [5, 5.41) is 19.3. The van der Waals surface area contributed by atoms with Gasteiger partial charge in [-0.15, -0.1) is 0 Å². The van der Waals surface area contributed by atoms with E-state index in [-0.39, 0.29) is 6.42 Å². The lowest BCUT2D eigenvalue weighted by atomic mass is 9.83. The Balaban J connectivity index is 1.72. The Morgan fingerprint density at radius 3 is 2.82 bits per heavy atom. The molecule has 2 aliphatic carbocycles. The van der Waals surface area contributed by atoms with Crippen LogP contribution in [0.2, 0.25) is 0 Å². The van der Waals surface area contributed by atoms with Gasteiger partial charge in [-0.1, -0.05) is 0 Å². The zero-order chi connectivity index (χ0) is 15.5. The number of hydrogen-bond donors (Lipinski definition) is 2. The standard InChI is InChI=1S/C18H22O4/c1-18(7-5-14(20)21)6-4-12-9-13(19)15-10-2-3-11(8-10)16(15)17(12)22-18/h9-11,19H,2-8H2,1H3,(H,20,21)/t10-,11+,18-/m1/s1. The molecule has 4 heteroatoms. The fraction of sp³-hybridized carbons (Fsp3) is 0.611. The third kappa shape index (κ3) is 2.00. The lowest BCUT2D eigenvalue weighted by Gasteiger charge is -2.38. The van der Waals surface area contributed by atoms with Gasteiger partial charge >= 0.3 is 5.97 Å². The summed E-state index contributed by atoms with van der Waals surface area (Å²) in [6, 6.07) is 1.88. The van der Waals surface area contributed by atoms with Gasteiger partial charge in [-0.25, -0.2) is 0 Å². The van der Waals surface area contributed by atoms with Crippen molar-refractivity contribution in [1.82, 2.24) is 0 Å². The normalized spacial score (nSPS) is 31.5. The Bertz CT molecular complexity index is 651. The van der Waals surface area contributed by atoms with Gasteiger partial charge in [0.1, 0.15) is 17.1 Å². The fourth-order valence-electron chi connectivity index (χ4n) is 4.63. The minimum absolute atomic E-state index is 0.137. The number of aryl methyl sites for hydroxylation is 1. The van der Waals surface area contributed by atoms with Crippen LogP contribution >= 0.6 is 0 Å². The van der Waals surface area contributed by atoms with Crippen molar-refractivity contribution >= 4 is 5.97 Å². The van der Waals surface area contributed by atoms with Gasteiger partial charge in [-0.2, -0.15) is 0 Å². The van der Waals surface area contributed by atoms with Gasteiger partial charge in [0.15, 0.2) is 0 Å². The molecule has 118 valence electrons. The Morgan fingerprint density at radius 1 is 1.36 bits per heavy atom. The molecule has 0 radical (unpaired) electrons. The first-order chi connectivity index (χ1) is 10.5. The highest BCUT2D eigenvalue weighted by Crippen LogP contribution is 2.60. The maximum absolute atomic E-state index is 10.9.